The van der Waals surface area contributed by atoms with Gasteiger partial charge in [-0.1, -0.05) is 19.4 Å². The molecule has 58 valence electrons. The monoisotopic (exact) mass is 139 g/mol. The summed E-state index contributed by atoms with van der Waals surface area (Å²) in [6.07, 6.45) is 7.73. The zero-order valence-electron chi connectivity index (χ0n) is 7.22. The van der Waals surface area contributed by atoms with Crippen molar-refractivity contribution in [3.05, 3.63) is 12.2 Å². The summed E-state index contributed by atoms with van der Waals surface area (Å²) in [7, 11) is 1.85. The van der Waals surface area contributed by atoms with Crippen LogP contribution in [0.4, 0.5) is 0 Å². The van der Waals surface area contributed by atoms with Crippen molar-refractivity contribution in [2.45, 2.75) is 33.1 Å². The molecule has 0 heterocycles. The van der Waals surface area contributed by atoms with E-state index in [0.717, 1.165) is 6.42 Å². The Morgan fingerprint density at radius 2 is 2.20 bits per heavy atom. The summed E-state index contributed by atoms with van der Waals surface area (Å²) in [5, 5.41) is 0. The van der Waals surface area contributed by atoms with Crippen LogP contribution in [0.15, 0.2) is 17.1 Å². The Morgan fingerprint density at radius 1 is 1.50 bits per heavy atom. The molecule has 10 heavy (non-hydrogen) atoms. The quantitative estimate of drug-likeness (QED) is 0.531. The molecule has 0 N–H and O–H groups in total. The van der Waals surface area contributed by atoms with Gasteiger partial charge in [-0.15, -0.1) is 0 Å². The first-order chi connectivity index (χ1) is 4.85. The molecule has 0 aliphatic heterocycles. The lowest BCUT2D eigenvalue weighted by Gasteiger charge is -1.96. The highest BCUT2D eigenvalue weighted by Gasteiger charge is 1.89. The van der Waals surface area contributed by atoms with Crippen LogP contribution in [0.1, 0.15) is 33.1 Å². The van der Waals surface area contributed by atoms with Crippen LogP contribution in [0.25, 0.3) is 0 Å². The third kappa shape index (κ3) is 4.30. The van der Waals surface area contributed by atoms with Crippen molar-refractivity contribution >= 4 is 5.71 Å². The van der Waals surface area contributed by atoms with Crippen LogP contribution in [0.2, 0.25) is 0 Å². The van der Waals surface area contributed by atoms with E-state index in [-0.39, 0.29) is 0 Å². The van der Waals surface area contributed by atoms with Gasteiger partial charge in [0.2, 0.25) is 0 Å². The van der Waals surface area contributed by atoms with E-state index in [2.05, 4.69) is 18.0 Å². The SMILES string of the molecule is CC=CC(CCCC)=NC. The van der Waals surface area contributed by atoms with Crippen molar-refractivity contribution in [2.75, 3.05) is 7.05 Å². The fourth-order valence-electron chi connectivity index (χ4n) is 0.820. The van der Waals surface area contributed by atoms with E-state index >= 15 is 0 Å². The van der Waals surface area contributed by atoms with E-state index in [4.69, 9.17) is 0 Å². The van der Waals surface area contributed by atoms with Gasteiger partial charge in [0.15, 0.2) is 0 Å². The first-order valence-corrected chi connectivity index (χ1v) is 3.93. The van der Waals surface area contributed by atoms with Crippen LogP contribution in [0.3, 0.4) is 0 Å². The van der Waals surface area contributed by atoms with Gasteiger partial charge in [-0.3, -0.25) is 4.99 Å². The van der Waals surface area contributed by atoms with Crippen molar-refractivity contribution in [3.63, 3.8) is 0 Å². The van der Waals surface area contributed by atoms with Crippen molar-refractivity contribution in [2.24, 2.45) is 4.99 Å². The molecule has 0 saturated heterocycles. The van der Waals surface area contributed by atoms with Crippen LogP contribution in [-0.2, 0) is 0 Å². The third-order valence-electron chi connectivity index (χ3n) is 1.43. The maximum Gasteiger partial charge on any atom is 0.0341 e. The summed E-state index contributed by atoms with van der Waals surface area (Å²) >= 11 is 0. The molecule has 0 spiro atoms. The van der Waals surface area contributed by atoms with E-state index in [9.17, 15) is 0 Å². The summed E-state index contributed by atoms with van der Waals surface area (Å²) in [6, 6.07) is 0. The van der Waals surface area contributed by atoms with Crippen LogP contribution in [0.5, 0.6) is 0 Å². The van der Waals surface area contributed by atoms with Gasteiger partial charge >= 0.3 is 0 Å². The molecule has 0 aliphatic rings. The van der Waals surface area contributed by atoms with Gasteiger partial charge in [0.25, 0.3) is 0 Å². The lowest BCUT2D eigenvalue weighted by Crippen LogP contribution is -1.91. The molecule has 0 amide bonds. The first-order valence-electron chi connectivity index (χ1n) is 3.93. The lowest BCUT2D eigenvalue weighted by atomic mass is 10.1. The van der Waals surface area contributed by atoms with Crippen LogP contribution >= 0.6 is 0 Å². The van der Waals surface area contributed by atoms with Gasteiger partial charge in [-0.05, 0) is 25.8 Å². The number of unbranched alkanes of at least 4 members (excludes halogenated alkanes) is 1. The number of hydrogen-bond acceptors (Lipinski definition) is 1. The fraction of sp³-hybridized carbons (Fsp3) is 0.667. The van der Waals surface area contributed by atoms with Crippen LogP contribution in [-0.4, -0.2) is 12.8 Å². The zero-order valence-corrected chi connectivity index (χ0v) is 7.22. The molecule has 1 nitrogen and oxygen atoms in total. The molecule has 0 aromatic rings. The highest BCUT2D eigenvalue weighted by atomic mass is 14.7. The number of rotatable bonds is 4. The topological polar surface area (TPSA) is 12.4 Å². The zero-order chi connectivity index (χ0) is 7.82. The molecule has 0 saturated carbocycles. The highest BCUT2D eigenvalue weighted by molar-refractivity contribution is 5.94. The van der Waals surface area contributed by atoms with E-state index < -0.39 is 0 Å². The second kappa shape index (κ2) is 6.53. The maximum atomic E-state index is 4.15. The molecule has 0 fully saturated rings. The molecule has 0 radical (unpaired) electrons. The van der Waals surface area contributed by atoms with Crippen LogP contribution in [0, 0.1) is 0 Å². The Kier molecular flexibility index (Phi) is 6.14. The minimum absolute atomic E-state index is 1.12. The second-order valence-corrected chi connectivity index (χ2v) is 2.32. The molecule has 0 bridgehead atoms. The Hall–Kier alpha value is -0.590. The fourth-order valence-corrected chi connectivity index (χ4v) is 0.820. The number of aliphatic imine (C=N–C) groups is 1. The van der Waals surface area contributed by atoms with E-state index in [1.165, 1.54) is 18.6 Å². The number of allylic oxidation sites excluding steroid dienone is 2. The Balaban J connectivity index is 3.62. The van der Waals surface area contributed by atoms with Crippen molar-refractivity contribution in [1.82, 2.24) is 0 Å². The smallest absolute Gasteiger partial charge is 0.0341 e. The van der Waals surface area contributed by atoms with Gasteiger partial charge in [-0.2, -0.15) is 0 Å². The van der Waals surface area contributed by atoms with Crippen molar-refractivity contribution in [3.8, 4) is 0 Å². The van der Waals surface area contributed by atoms with Crippen molar-refractivity contribution < 1.29 is 0 Å². The molecule has 0 aromatic heterocycles. The predicted molar refractivity (Wildman–Crippen MR) is 47.7 cm³/mol. The van der Waals surface area contributed by atoms with E-state index in [1.54, 1.807) is 0 Å². The molecule has 1 heteroatoms. The first kappa shape index (κ1) is 9.41. The Morgan fingerprint density at radius 3 is 2.60 bits per heavy atom. The average Bonchev–Trinajstić information content (AvgIpc) is 1.98. The standard InChI is InChI=1S/C9H17N/c1-4-6-8-9(10-3)7-5-2/h5,7H,4,6,8H2,1-3H3. The maximum absolute atomic E-state index is 4.15. The lowest BCUT2D eigenvalue weighted by molar-refractivity contribution is 0.835. The predicted octanol–water partition coefficient (Wildman–Crippen LogP) is 2.82. The molecule has 0 unspecified atom stereocenters. The molecule has 0 aromatic carbocycles. The normalized spacial score (nSPS) is 12.9. The van der Waals surface area contributed by atoms with Gasteiger partial charge in [0, 0.05) is 12.8 Å². The molecule has 0 rings (SSSR count). The third-order valence-corrected chi connectivity index (χ3v) is 1.43. The largest absolute Gasteiger partial charge is 0.293 e. The molecule has 0 aliphatic carbocycles. The van der Waals surface area contributed by atoms with Gasteiger partial charge < -0.3 is 0 Å². The second-order valence-electron chi connectivity index (χ2n) is 2.32. The minimum Gasteiger partial charge on any atom is -0.293 e. The summed E-state index contributed by atoms with van der Waals surface area (Å²) < 4.78 is 0. The van der Waals surface area contributed by atoms with Gasteiger partial charge in [0.1, 0.15) is 0 Å². The summed E-state index contributed by atoms with van der Waals surface area (Å²) in [6.45, 7) is 4.22. The summed E-state index contributed by atoms with van der Waals surface area (Å²) in [5.74, 6) is 0. The molecule has 0 atom stereocenters. The number of hydrogen-bond donors (Lipinski definition) is 0. The minimum atomic E-state index is 1.12. The summed E-state index contributed by atoms with van der Waals surface area (Å²) in [5.41, 5.74) is 1.21. The summed E-state index contributed by atoms with van der Waals surface area (Å²) in [4.78, 5) is 4.15. The van der Waals surface area contributed by atoms with E-state index in [1.807, 2.05) is 20.0 Å². The van der Waals surface area contributed by atoms with Gasteiger partial charge in [0.05, 0.1) is 0 Å². The Labute approximate surface area is 63.9 Å². The van der Waals surface area contributed by atoms with Crippen molar-refractivity contribution in [1.29, 1.82) is 0 Å². The average molecular weight is 139 g/mol. The van der Waals surface area contributed by atoms with Gasteiger partial charge in [-0.25, -0.2) is 0 Å². The van der Waals surface area contributed by atoms with E-state index in [0.29, 0.717) is 0 Å². The highest BCUT2D eigenvalue weighted by Crippen LogP contribution is 1.97. The number of nitrogens with zero attached hydrogens (tertiary/aromatic N) is 1. The molecular weight excluding hydrogens is 122 g/mol. The Bertz CT molecular complexity index is 123. The molecular formula is C9H17N. The van der Waals surface area contributed by atoms with Crippen LogP contribution < -0.4 is 0 Å².